The van der Waals surface area contributed by atoms with Crippen LogP contribution < -0.4 is 19.3 Å². The Balaban J connectivity index is 0.000000261. The molecule has 6 rings (SSSR count). The molecule has 384 valence electrons. The van der Waals surface area contributed by atoms with Crippen molar-refractivity contribution in [3.05, 3.63) is 84.9 Å². The average molecular weight is 1050 g/mol. The first-order valence-electron chi connectivity index (χ1n) is 23.1. The van der Waals surface area contributed by atoms with E-state index in [0.29, 0.717) is 36.0 Å². The lowest BCUT2D eigenvalue weighted by Gasteiger charge is -2.29. The van der Waals surface area contributed by atoms with Crippen molar-refractivity contribution in [2.75, 3.05) is 91.1 Å². The standard InChI is InChI=1S/2C25H34N2O6S2/c2*1-6-7-11-19-16-27(18-12-9-8-10-13-18)20-14-23(34-5)21(15-24(20)35(29,30)26(19)2)33-17-22(31-3)25(28)32-4/h2*8-10,12-15,19,22H,6-7,11,16-17H2,1-5H3/t2*19-,22?/m10/s1. The number of para-hydroxylation sites is 2. The van der Waals surface area contributed by atoms with E-state index in [1.165, 1.54) is 60.6 Å². The molecule has 0 aliphatic carbocycles. The van der Waals surface area contributed by atoms with Gasteiger partial charge in [0, 0.05) is 77.0 Å². The maximum Gasteiger partial charge on any atom is 0.338 e. The summed E-state index contributed by atoms with van der Waals surface area (Å²) in [6, 6.07) is 26.1. The molecular weight excluding hydrogens is 977 g/mol. The number of thioether (sulfide) groups is 2. The molecule has 20 heteroatoms. The SMILES string of the molecule is CCCC[C@@H]1CN(c2ccccc2)c2cc(SC)c(OCC(OC)C(=O)OC)cc2S(=O)(=O)N1C.CCCC[C@H]1CN(c2ccccc2)c2cc(SC)c(OCC(OC)C(=O)OC)cc2S(=O)(=O)N1C. The monoisotopic (exact) mass is 1040 g/mol. The highest BCUT2D eigenvalue weighted by molar-refractivity contribution is 7.99. The summed E-state index contributed by atoms with van der Waals surface area (Å²) in [6.07, 6.45) is 7.30. The molecule has 70 heavy (non-hydrogen) atoms. The van der Waals surface area contributed by atoms with Gasteiger partial charge in [-0.1, -0.05) is 75.9 Å². The highest BCUT2D eigenvalue weighted by Gasteiger charge is 2.39. The summed E-state index contributed by atoms with van der Waals surface area (Å²) in [5, 5.41) is 0. The number of unbranched alkanes of at least 4 members (excludes halogenated alkanes) is 2. The zero-order valence-electron chi connectivity index (χ0n) is 41.8. The number of rotatable bonds is 20. The third-order valence-electron chi connectivity index (χ3n) is 12.4. The summed E-state index contributed by atoms with van der Waals surface area (Å²) in [7, 11) is 1.02. The van der Waals surface area contributed by atoms with Crippen molar-refractivity contribution in [1.29, 1.82) is 0 Å². The Kier molecular flexibility index (Phi) is 21.1. The number of hydrogen-bond donors (Lipinski definition) is 0. The lowest BCUT2D eigenvalue weighted by molar-refractivity contribution is -0.154. The third kappa shape index (κ3) is 13.1. The van der Waals surface area contributed by atoms with E-state index >= 15 is 0 Å². The van der Waals surface area contributed by atoms with Gasteiger partial charge in [0.2, 0.25) is 20.0 Å². The minimum atomic E-state index is -3.81. The van der Waals surface area contributed by atoms with Crippen molar-refractivity contribution in [3.63, 3.8) is 0 Å². The molecule has 0 spiro atoms. The van der Waals surface area contributed by atoms with Crippen molar-refractivity contribution in [2.24, 2.45) is 0 Å². The number of anilines is 4. The Morgan fingerprint density at radius 2 is 0.957 bits per heavy atom. The molecule has 0 saturated heterocycles. The summed E-state index contributed by atoms with van der Waals surface area (Å²) >= 11 is 2.89. The molecule has 4 atom stereocenters. The van der Waals surface area contributed by atoms with Crippen LogP contribution in [-0.2, 0) is 48.6 Å². The highest BCUT2D eigenvalue weighted by atomic mass is 32.2. The number of methoxy groups -OCH3 is 4. The van der Waals surface area contributed by atoms with Crippen LogP contribution >= 0.6 is 23.5 Å². The fourth-order valence-electron chi connectivity index (χ4n) is 8.18. The molecule has 0 radical (unpaired) electrons. The molecule has 0 aromatic heterocycles. The fraction of sp³-hybridized carbons (Fsp3) is 0.480. The first kappa shape index (κ1) is 56.4. The number of likely N-dealkylation sites (N-methyl/N-ethyl adjacent to an activating group) is 2. The molecule has 2 aliphatic rings. The van der Waals surface area contributed by atoms with Gasteiger partial charge in [-0.25, -0.2) is 26.4 Å². The van der Waals surface area contributed by atoms with E-state index in [0.717, 1.165) is 59.7 Å². The molecule has 16 nitrogen and oxygen atoms in total. The quantitative estimate of drug-likeness (QED) is 0.0608. The Bertz CT molecular complexity index is 2400. The van der Waals surface area contributed by atoms with Crippen LogP contribution in [0.25, 0.3) is 0 Å². The maximum absolute atomic E-state index is 13.8. The first-order chi connectivity index (χ1) is 33.6. The van der Waals surface area contributed by atoms with Gasteiger partial charge in [-0.15, -0.1) is 23.5 Å². The molecule has 0 saturated carbocycles. The van der Waals surface area contributed by atoms with E-state index in [1.807, 2.05) is 85.3 Å². The van der Waals surface area contributed by atoms with E-state index in [4.69, 9.17) is 28.4 Å². The number of carbonyl (C=O) groups excluding carboxylic acids is 2. The Labute approximate surface area is 423 Å². The Morgan fingerprint density at radius 1 is 0.600 bits per heavy atom. The number of sulfonamides is 2. The maximum atomic E-state index is 13.8. The summed E-state index contributed by atoms with van der Waals surface area (Å²) in [4.78, 5) is 29.9. The predicted octanol–water partition coefficient (Wildman–Crippen LogP) is 8.61. The summed E-state index contributed by atoms with van der Waals surface area (Å²) in [6.45, 7) is 5.07. The van der Waals surface area contributed by atoms with Gasteiger partial charge in [-0.3, -0.25) is 0 Å². The first-order valence-corrected chi connectivity index (χ1v) is 28.4. The average Bonchev–Trinajstić information content (AvgIpc) is 3.51. The van der Waals surface area contributed by atoms with Gasteiger partial charge in [0.25, 0.3) is 0 Å². The van der Waals surface area contributed by atoms with Crippen LogP contribution in [0.4, 0.5) is 22.7 Å². The molecule has 2 aliphatic heterocycles. The highest BCUT2D eigenvalue weighted by Crippen LogP contribution is 2.45. The number of ether oxygens (including phenoxy) is 6. The van der Waals surface area contributed by atoms with E-state index in [2.05, 4.69) is 23.6 Å². The molecule has 0 amide bonds. The van der Waals surface area contributed by atoms with Gasteiger partial charge >= 0.3 is 11.9 Å². The van der Waals surface area contributed by atoms with E-state index in [9.17, 15) is 26.4 Å². The van der Waals surface area contributed by atoms with Gasteiger partial charge < -0.3 is 38.2 Å². The van der Waals surface area contributed by atoms with Crippen LogP contribution in [0.5, 0.6) is 11.5 Å². The van der Waals surface area contributed by atoms with Gasteiger partial charge in [0.1, 0.15) is 34.5 Å². The van der Waals surface area contributed by atoms with Gasteiger partial charge in [-0.05, 0) is 61.8 Å². The zero-order valence-corrected chi connectivity index (χ0v) is 45.1. The zero-order chi connectivity index (χ0) is 51.2. The second kappa shape index (κ2) is 26.2. The van der Waals surface area contributed by atoms with Crippen molar-refractivity contribution in [1.82, 2.24) is 8.61 Å². The molecular formula is C50H68N4O12S4. The van der Waals surface area contributed by atoms with Crippen LogP contribution in [0.15, 0.2) is 105 Å². The number of esters is 2. The second-order valence-electron chi connectivity index (χ2n) is 16.6. The Morgan fingerprint density at radius 3 is 1.26 bits per heavy atom. The van der Waals surface area contributed by atoms with Crippen LogP contribution in [0, 0.1) is 0 Å². The number of carbonyl (C=O) groups is 2. The van der Waals surface area contributed by atoms with Crippen LogP contribution in [-0.4, -0.2) is 143 Å². The van der Waals surface area contributed by atoms with E-state index in [1.54, 1.807) is 26.2 Å². The van der Waals surface area contributed by atoms with Gasteiger partial charge in [-0.2, -0.15) is 8.61 Å². The minimum Gasteiger partial charge on any atom is -0.489 e. The van der Waals surface area contributed by atoms with Gasteiger partial charge in [0.05, 0.1) is 35.4 Å². The minimum absolute atomic E-state index is 0.104. The predicted molar refractivity (Wildman–Crippen MR) is 276 cm³/mol. The molecule has 2 unspecified atom stereocenters. The summed E-state index contributed by atoms with van der Waals surface area (Å²) < 4.78 is 89.9. The van der Waals surface area contributed by atoms with Crippen molar-refractivity contribution < 1.29 is 54.8 Å². The van der Waals surface area contributed by atoms with Crippen molar-refractivity contribution in [3.8, 4) is 11.5 Å². The molecule has 2 heterocycles. The van der Waals surface area contributed by atoms with Crippen molar-refractivity contribution in [2.45, 2.75) is 96.2 Å². The molecule has 4 aromatic rings. The van der Waals surface area contributed by atoms with Crippen LogP contribution in [0.1, 0.15) is 52.4 Å². The van der Waals surface area contributed by atoms with E-state index in [-0.39, 0.29) is 35.1 Å². The smallest absolute Gasteiger partial charge is 0.338 e. The number of benzene rings is 4. The second-order valence-corrected chi connectivity index (χ2v) is 22.2. The summed E-state index contributed by atoms with van der Waals surface area (Å²) in [5.41, 5.74) is 3.06. The normalized spacial score (nSPS) is 18.4. The number of fused-ring (bicyclic) bond motifs is 2. The third-order valence-corrected chi connectivity index (χ3v) is 17.8. The number of hydrogen-bond acceptors (Lipinski definition) is 16. The molecule has 0 bridgehead atoms. The van der Waals surface area contributed by atoms with Gasteiger partial charge in [0.15, 0.2) is 12.2 Å². The fourth-order valence-corrected chi connectivity index (χ4v) is 12.4. The topological polar surface area (TPSA) is 171 Å². The Hall–Kier alpha value is -4.54. The van der Waals surface area contributed by atoms with E-state index < -0.39 is 44.2 Å². The van der Waals surface area contributed by atoms with Crippen LogP contribution in [0.3, 0.4) is 0 Å². The largest absolute Gasteiger partial charge is 0.489 e. The van der Waals surface area contributed by atoms with Crippen LogP contribution in [0.2, 0.25) is 0 Å². The lowest BCUT2D eigenvalue weighted by Crippen LogP contribution is -2.40. The lowest BCUT2D eigenvalue weighted by atomic mass is 10.1. The summed E-state index contributed by atoms with van der Waals surface area (Å²) in [5.74, 6) is -0.373. The number of nitrogens with zero attached hydrogens (tertiary/aromatic N) is 4. The molecule has 0 N–H and O–H groups in total. The molecule has 0 fully saturated rings. The van der Waals surface area contributed by atoms with Crippen molar-refractivity contribution >= 4 is 78.3 Å². The molecule has 4 aromatic carbocycles.